The Kier molecular flexibility index (Phi) is 6.06. The number of benzene rings is 1. The molecular weight excluding hydrogens is 470 g/mol. The monoisotopic (exact) mass is 491 g/mol. The Morgan fingerprint density at radius 1 is 1.24 bits per heavy atom. The molecule has 0 unspecified atom stereocenters. The topological polar surface area (TPSA) is 143 Å². The number of alkyl halides is 3. The maximum atomic E-state index is 14.7. The van der Waals surface area contributed by atoms with Gasteiger partial charge in [0.15, 0.2) is 0 Å². The average molecular weight is 491 g/mol. The van der Waals surface area contributed by atoms with Crippen LogP contribution in [-0.2, 0) is 5.54 Å². The summed E-state index contributed by atoms with van der Waals surface area (Å²) in [5.41, 5.74) is 0.907. The number of aliphatic imine (C=N–C) groups is 1. The molecule has 14 heteroatoms. The second kappa shape index (κ2) is 8.11. The fourth-order valence-electron chi connectivity index (χ4n) is 3.10. The van der Waals surface area contributed by atoms with E-state index in [1.54, 1.807) is 0 Å². The quantitative estimate of drug-likeness (QED) is 0.479. The Hall–Kier alpha value is -2.97. The zero-order chi connectivity index (χ0) is 24.8. The highest BCUT2D eigenvalue weighted by Crippen LogP contribution is 2.62. The van der Waals surface area contributed by atoms with Gasteiger partial charge in [-0.1, -0.05) is 0 Å². The fourth-order valence-corrected chi connectivity index (χ4v) is 4.81. The number of hydrogen-bond acceptors (Lipinski definition) is 8. The Balaban J connectivity index is 2.08. The number of anilines is 1. The third-order valence-electron chi connectivity index (χ3n) is 5.36. The van der Waals surface area contributed by atoms with Gasteiger partial charge in [0.25, 0.3) is 5.91 Å². The minimum atomic E-state index is -5.25. The zero-order valence-electron chi connectivity index (χ0n) is 17.6. The number of amidine groups is 1. The Labute approximate surface area is 187 Å². The molecule has 0 saturated heterocycles. The highest BCUT2D eigenvalue weighted by molar-refractivity contribution is 8.26. The number of halogens is 4. The zero-order valence-corrected chi connectivity index (χ0v) is 18.5. The molecule has 33 heavy (non-hydrogen) atoms. The van der Waals surface area contributed by atoms with Crippen LogP contribution in [-0.4, -0.2) is 54.6 Å². The van der Waals surface area contributed by atoms with Crippen LogP contribution in [0.25, 0.3) is 0 Å². The van der Waals surface area contributed by atoms with Crippen LogP contribution < -0.4 is 15.8 Å². The summed E-state index contributed by atoms with van der Waals surface area (Å²) in [7, 11) is -2.67. The van der Waals surface area contributed by atoms with Crippen molar-refractivity contribution in [2.24, 2.45) is 10.7 Å². The third kappa shape index (κ3) is 4.20. The lowest BCUT2D eigenvalue weighted by atomic mass is 9.89. The summed E-state index contributed by atoms with van der Waals surface area (Å²) in [6.07, 6.45) is -3.00. The van der Waals surface area contributed by atoms with E-state index in [4.69, 9.17) is 10.5 Å². The van der Waals surface area contributed by atoms with Crippen molar-refractivity contribution in [2.75, 3.05) is 18.2 Å². The molecule has 5 N–H and O–H groups in total. The summed E-state index contributed by atoms with van der Waals surface area (Å²) in [4.78, 5) is 23.6. The normalized spacial score (nSPS) is 22.8. The molecule has 0 spiro atoms. The first-order chi connectivity index (χ1) is 15.1. The van der Waals surface area contributed by atoms with Crippen LogP contribution in [0.2, 0.25) is 0 Å². The molecule has 1 aromatic heterocycles. The SMILES string of the molecule is COc1cnc(C(=O)Nc2ccc(F)c([C@]3(C(F)(F)F)CS(O)(O)C(C)(C)C(N)=N3)c2)cn1. The van der Waals surface area contributed by atoms with Gasteiger partial charge in [-0.25, -0.2) is 19.4 Å². The number of amides is 1. The summed E-state index contributed by atoms with van der Waals surface area (Å²) < 4.78 is 81.8. The van der Waals surface area contributed by atoms with Gasteiger partial charge in [0.05, 0.1) is 25.3 Å². The maximum absolute atomic E-state index is 14.7. The molecule has 1 aliphatic heterocycles. The molecule has 180 valence electrons. The molecule has 0 radical (unpaired) electrons. The van der Waals surface area contributed by atoms with Crippen molar-refractivity contribution in [3.63, 3.8) is 0 Å². The molecule has 1 aliphatic rings. The van der Waals surface area contributed by atoms with Crippen molar-refractivity contribution in [3.8, 4) is 5.88 Å². The smallest absolute Gasteiger partial charge is 0.419 e. The van der Waals surface area contributed by atoms with Gasteiger partial charge in [0, 0.05) is 11.3 Å². The maximum Gasteiger partial charge on any atom is 0.419 e. The highest BCUT2D eigenvalue weighted by atomic mass is 32.3. The van der Waals surface area contributed by atoms with E-state index < -0.39 is 55.9 Å². The lowest BCUT2D eigenvalue weighted by Gasteiger charge is -2.54. The number of nitrogens with zero attached hydrogens (tertiary/aromatic N) is 3. The van der Waals surface area contributed by atoms with Crippen LogP contribution in [0.3, 0.4) is 0 Å². The summed E-state index contributed by atoms with van der Waals surface area (Å²) >= 11 is 0. The van der Waals surface area contributed by atoms with Crippen LogP contribution in [0, 0.1) is 5.82 Å². The third-order valence-corrected chi connectivity index (χ3v) is 8.03. The van der Waals surface area contributed by atoms with E-state index in [2.05, 4.69) is 20.3 Å². The van der Waals surface area contributed by atoms with Crippen molar-refractivity contribution in [2.45, 2.75) is 30.3 Å². The van der Waals surface area contributed by atoms with Crippen molar-refractivity contribution >= 4 is 28.0 Å². The minimum absolute atomic E-state index is 0.136. The number of methoxy groups -OCH3 is 1. The van der Waals surface area contributed by atoms with Gasteiger partial charge < -0.3 is 15.8 Å². The van der Waals surface area contributed by atoms with E-state index in [1.165, 1.54) is 21.0 Å². The summed E-state index contributed by atoms with van der Waals surface area (Å²) in [6, 6.07) is 2.47. The van der Waals surface area contributed by atoms with Gasteiger partial charge in [-0.15, -0.1) is 0 Å². The molecule has 3 rings (SSSR count). The first-order valence-corrected chi connectivity index (χ1v) is 11.0. The largest absolute Gasteiger partial charge is 0.480 e. The van der Waals surface area contributed by atoms with Gasteiger partial charge in [0.1, 0.15) is 22.1 Å². The summed E-state index contributed by atoms with van der Waals surface area (Å²) in [5.74, 6) is -4.04. The number of nitrogens with two attached hydrogens (primary N) is 1. The van der Waals surface area contributed by atoms with Crippen LogP contribution in [0.5, 0.6) is 5.88 Å². The first-order valence-electron chi connectivity index (χ1n) is 9.30. The number of rotatable bonds is 4. The lowest BCUT2D eigenvalue weighted by molar-refractivity contribution is -0.183. The highest BCUT2D eigenvalue weighted by Gasteiger charge is 2.64. The molecule has 1 atom stereocenters. The molecule has 0 saturated carbocycles. The van der Waals surface area contributed by atoms with Gasteiger partial charge in [-0.3, -0.25) is 13.9 Å². The van der Waals surface area contributed by atoms with Crippen molar-refractivity contribution in [3.05, 3.63) is 47.7 Å². The van der Waals surface area contributed by atoms with Crippen molar-refractivity contribution in [1.29, 1.82) is 0 Å². The van der Waals surface area contributed by atoms with E-state index in [1.807, 2.05) is 0 Å². The second-order valence-electron chi connectivity index (χ2n) is 7.77. The van der Waals surface area contributed by atoms with E-state index in [9.17, 15) is 31.5 Å². The lowest BCUT2D eigenvalue weighted by Crippen LogP contribution is -2.57. The number of carbonyl (C=O) groups is 1. The molecule has 1 amide bonds. The van der Waals surface area contributed by atoms with Crippen LogP contribution >= 0.6 is 10.6 Å². The Bertz CT molecular complexity index is 1110. The van der Waals surface area contributed by atoms with Crippen molar-refractivity contribution < 1.29 is 36.2 Å². The average Bonchev–Trinajstić information content (AvgIpc) is 2.72. The molecule has 1 aromatic carbocycles. The molecule has 0 fully saturated rings. The number of aromatic nitrogens is 2. The fraction of sp³-hybridized carbons (Fsp3) is 0.368. The predicted octanol–water partition coefficient (Wildman–Crippen LogP) is 3.53. The van der Waals surface area contributed by atoms with Crippen molar-refractivity contribution in [1.82, 2.24) is 9.97 Å². The number of hydrogen-bond donors (Lipinski definition) is 4. The molecule has 2 heterocycles. The van der Waals surface area contributed by atoms with Gasteiger partial charge in [-0.05, 0) is 32.0 Å². The predicted molar refractivity (Wildman–Crippen MR) is 114 cm³/mol. The number of ether oxygens (including phenoxy) is 1. The van der Waals surface area contributed by atoms with Gasteiger partial charge in [-0.2, -0.15) is 23.8 Å². The van der Waals surface area contributed by atoms with E-state index in [-0.39, 0.29) is 17.3 Å². The van der Waals surface area contributed by atoms with Crippen LogP contribution in [0.1, 0.15) is 29.9 Å². The van der Waals surface area contributed by atoms with Gasteiger partial charge >= 0.3 is 6.18 Å². The van der Waals surface area contributed by atoms with Gasteiger partial charge in [0.2, 0.25) is 11.4 Å². The first kappa shape index (κ1) is 24.7. The molecular formula is C19H21F4N5O4S. The molecule has 9 nitrogen and oxygen atoms in total. The second-order valence-corrected chi connectivity index (χ2v) is 10.4. The van der Waals surface area contributed by atoms with E-state index >= 15 is 0 Å². The standard InChI is InChI=1S/C19H21F4N5O4S/c1-17(2)16(24)28-18(19(21,22)23,9-33(17,30)31)11-6-10(4-5-12(11)20)27-15(29)13-7-26-14(32-3)8-25-13/h4-8,30-31H,9H2,1-3H3,(H2,24,28)(H,27,29)/t18-/m0/s1. The number of nitrogens with one attached hydrogen (secondary N) is 1. The molecule has 2 aromatic rings. The Morgan fingerprint density at radius 3 is 2.42 bits per heavy atom. The number of carbonyl (C=O) groups excluding carboxylic acids is 1. The minimum Gasteiger partial charge on any atom is -0.480 e. The molecule has 0 aliphatic carbocycles. The van der Waals surface area contributed by atoms with Crippen LogP contribution in [0.4, 0.5) is 23.2 Å². The summed E-state index contributed by atoms with van der Waals surface area (Å²) in [6.45, 7) is 2.48. The van der Waals surface area contributed by atoms with E-state index in [0.29, 0.717) is 6.07 Å². The van der Waals surface area contributed by atoms with E-state index in [0.717, 1.165) is 24.5 Å². The Morgan fingerprint density at radius 2 is 1.91 bits per heavy atom. The van der Waals surface area contributed by atoms with Crippen LogP contribution in [0.15, 0.2) is 35.6 Å². The molecule has 0 bridgehead atoms. The summed E-state index contributed by atoms with van der Waals surface area (Å²) in [5, 5.41) is 2.31.